The highest BCUT2D eigenvalue weighted by molar-refractivity contribution is 6.32. The van der Waals surface area contributed by atoms with E-state index < -0.39 is 5.82 Å². The van der Waals surface area contributed by atoms with Crippen LogP contribution in [0.1, 0.15) is 0 Å². The molecule has 13 heavy (non-hydrogen) atoms. The van der Waals surface area contributed by atoms with E-state index in [4.69, 9.17) is 11.6 Å². The Balaban J connectivity index is 2.59. The second-order valence-corrected chi connectivity index (χ2v) is 2.90. The summed E-state index contributed by atoms with van der Waals surface area (Å²) in [4.78, 5) is 0. The molecular formula is C9H6ClFN2. The SMILES string of the molecule is Fc1cccc(-n2cccn2)c1Cl. The van der Waals surface area contributed by atoms with Gasteiger partial charge in [-0.1, -0.05) is 17.7 Å². The van der Waals surface area contributed by atoms with E-state index >= 15 is 0 Å². The zero-order chi connectivity index (χ0) is 9.26. The molecule has 2 aromatic rings. The first-order valence-electron chi connectivity index (χ1n) is 3.73. The molecule has 1 aromatic heterocycles. The van der Waals surface area contributed by atoms with Gasteiger partial charge >= 0.3 is 0 Å². The first-order valence-corrected chi connectivity index (χ1v) is 4.11. The summed E-state index contributed by atoms with van der Waals surface area (Å²) < 4.78 is 14.5. The van der Waals surface area contributed by atoms with Crippen LogP contribution in [0.3, 0.4) is 0 Å². The van der Waals surface area contributed by atoms with Gasteiger partial charge in [-0.2, -0.15) is 5.10 Å². The van der Waals surface area contributed by atoms with Crippen LogP contribution in [0.25, 0.3) is 5.69 Å². The molecule has 4 heteroatoms. The van der Waals surface area contributed by atoms with Crippen molar-refractivity contribution in [3.63, 3.8) is 0 Å². The third kappa shape index (κ3) is 1.42. The van der Waals surface area contributed by atoms with Crippen LogP contribution in [0.5, 0.6) is 0 Å². The van der Waals surface area contributed by atoms with Crippen LogP contribution in [0.15, 0.2) is 36.7 Å². The summed E-state index contributed by atoms with van der Waals surface area (Å²) in [6.45, 7) is 0. The number of hydrogen-bond acceptors (Lipinski definition) is 1. The molecule has 0 fully saturated rings. The maximum absolute atomic E-state index is 13.0. The van der Waals surface area contributed by atoms with Gasteiger partial charge in [0.25, 0.3) is 0 Å². The third-order valence-electron chi connectivity index (χ3n) is 1.68. The van der Waals surface area contributed by atoms with Gasteiger partial charge in [0.1, 0.15) is 10.8 Å². The number of hydrogen-bond donors (Lipinski definition) is 0. The summed E-state index contributed by atoms with van der Waals surface area (Å²) in [6, 6.07) is 6.37. The lowest BCUT2D eigenvalue weighted by Gasteiger charge is -2.03. The highest BCUT2D eigenvalue weighted by Crippen LogP contribution is 2.22. The van der Waals surface area contributed by atoms with Gasteiger partial charge in [0.2, 0.25) is 0 Å². The van der Waals surface area contributed by atoms with E-state index in [2.05, 4.69) is 5.10 Å². The van der Waals surface area contributed by atoms with Crippen molar-refractivity contribution < 1.29 is 4.39 Å². The van der Waals surface area contributed by atoms with Crippen molar-refractivity contribution in [2.75, 3.05) is 0 Å². The van der Waals surface area contributed by atoms with Gasteiger partial charge in [-0.3, -0.25) is 0 Å². The van der Waals surface area contributed by atoms with Crippen molar-refractivity contribution in [1.29, 1.82) is 0 Å². The monoisotopic (exact) mass is 196 g/mol. The molecule has 0 N–H and O–H groups in total. The lowest BCUT2D eigenvalue weighted by molar-refractivity contribution is 0.626. The van der Waals surface area contributed by atoms with Gasteiger partial charge in [0.15, 0.2) is 0 Å². The van der Waals surface area contributed by atoms with Crippen LogP contribution in [0.4, 0.5) is 4.39 Å². The molecule has 0 unspecified atom stereocenters. The molecule has 0 spiro atoms. The smallest absolute Gasteiger partial charge is 0.143 e. The molecule has 0 aliphatic rings. The van der Waals surface area contributed by atoms with E-state index in [1.807, 2.05) is 0 Å². The summed E-state index contributed by atoms with van der Waals surface area (Å²) >= 11 is 5.75. The molecule has 0 bridgehead atoms. The van der Waals surface area contributed by atoms with E-state index in [9.17, 15) is 4.39 Å². The molecule has 2 nitrogen and oxygen atoms in total. The lowest BCUT2D eigenvalue weighted by atomic mass is 10.3. The van der Waals surface area contributed by atoms with Gasteiger partial charge in [0.05, 0.1) is 5.69 Å². The predicted molar refractivity (Wildman–Crippen MR) is 48.5 cm³/mol. The molecule has 0 amide bonds. The number of aromatic nitrogens is 2. The predicted octanol–water partition coefficient (Wildman–Crippen LogP) is 2.66. The van der Waals surface area contributed by atoms with Crippen LogP contribution >= 0.6 is 11.6 Å². The fourth-order valence-corrected chi connectivity index (χ4v) is 1.29. The minimum Gasteiger partial charge on any atom is -0.239 e. The molecule has 66 valence electrons. The zero-order valence-corrected chi connectivity index (χ0v) is 7.37. The van der Waals surface area contributed by atoms with E-state index in [1.54, 1.807) is 30.6 Å². The molecule has 1 aromatic carbocycles. The van der Waals surface area contributed by atoms with Gasteiger partial charge < -0.3 is 0 Å². The summed E-state index contributed by atoms with van der Waals surface area (Å²) in [7, 11) is 0. The molecule has 2 rings (SSSR count). The van der Waals surface area contributed by atoms with E-state index in [1.165, 1.54) is 10.7 Å². The van der Waals surface area contributed by atoms with E-state index in [-0.39, 0.29) is 5.02 Å². The lowest BCUT2D eigenvalue weighted by Crippen LogP contribution is -1.96. The maximum Gasteiger partial charge on any atom is 0.143 e. The van der Waals surface area contributed by atoms with Crippen molar-refractivity contribution in [2.45, 2.75) is 0 Å². The van der Waals surface area contributed by atoms with Crippen LogP contribution in [0.2, 0.25) is 5.02 Å². The van der Waals surface area contributed by atoms with Gasteiger partial charge in [-0.25, -0.2) is 9.07 Å². The molecule has 0 aliphatic carbocycles. The van der Waals surface area contributed by atoms with Crippen molar-refractivity contribution in [1.82, 2.24) is 9.78 Å². The Morgan fingerprint density at radius 1 is 1.31 bits per heavy atom. The second kappa shape index (κ2) is 3.18. The number of benzene rings is 1. The largest absolute Gasteiger partial charge is 0.239 e. The Morgan fingerprint density at radius 3 is 2.85 bits per heavy atom. The Bertz CT molecular complexity index is 412. The average Bonchev–Trinajstić information content (AvgIpc) is 2.62. The number of halogens is 2. The quantitative estimate of drug-likeness (QED) is 0.686. The highest BCUT2D eigenvalue weighted by Gasteiger charge is 2.06. The second-order valence-electron chi connectivity index (χ2n) is 2.52. The normalized spacial score (nSPS) is 10.3. The summed E-state index contributed by atoms with van der Waals surface area (Å²) in [6.07, 6.45) is 3.32. The summed E-state index contributed by atoms with van der Waals surface area (Å²) in [5.41, 5.74) is 0.548. The van der Waals surface area contributed by atoms with E-state index in [0.717, 1.165) is 0 Å². The minimum atomic E-state index is -0.435. The molecule has 0 radical (unpaired) electrons. The fraction of sp³-hybridized carbons (Fsp3) is 0. The van der Waals surface area contributed by atoms with Crippen molar-refractivity contribution in [2.24, 2.45) is 0 Å². The standard InChI is InChI=1S/C9H6ClFN2/c10-9-7(11)3-1-4-8(9)13-6-2-5-12-13/h1-6H. The number of nitrogens with zero attached hydrogens (tertiary/aromatic N) is 2. The first-order chi connectivity index (χ1) is 6.29. The van der Waals surface area contributed by atoms with Crippen molar-refractivity contribution >= 4 is 11.6 Å². The van der Waals surface area contributed by atoms with Crippen LogP contribution in [-0.2, 0) is 0 Å². The van der Waals surface area contributed by atoms with E-state index in [0.29, 0.717) is 5.69 Å². The van der Waals surface area contributed by atoms with Crippen LogP contribution in [-0.4, -0.2) is 9.78 Å². The molecule has 0 atom stereocenters. The van der Waals surface area contributed by atoms with Gasteiger partial charge in [0, 0.05) is 12.4 Å². The summed E-state index contributed by atoms with van der Waals surface area (Å²) in [5.74, 6) is -0.435. The van der Waals surface area contributed by atoms with Gasteiger partial charge in [-0.15, -0.1) is 0 Å². The molecule has 0 aliphatic heterocycles. The third-order valence-corrected chi connectivity index (χ3v) is 2.06. The minimum absolute atomic E-state index is 0.0891. The topological polar surface area (TPSA) is 17.8 Å². The molecule has 0 saturated carbocycles. The summed E-state index contributed by atoms with van der Waals surface area (Å²) in [5, 5.41) is 4.04. The zero-order valence-electron chi connectivity index (χ0n) is 6.61. The molecule has 0 saturated heterocycles. The fourth-order valence-electron chi connectivity index (χ4n) is 1.08. The Labute approximate surface area is 79.6 Å². The van der Waals surface area contributed by atoms with Crippen LogP contribution < -0.4 is 0 Å². The Morgan fingerprint density at radius 2 is 2.15 bits per heavy atom. The number of rotatable bonds is 1. The van der Waals surface area contributed by atoms with Crippen molar-refractivity contribution in [3.8, 4) is 5.69 Å². The maximum atomic E-state index is 13.0. The molecule has 1 heterocycles. The average molecular weight is 197 g/mol. The highest BCUT2D eigenvalue weighted by atomic mass is 35.5. The Hall–Kier alpha value is -1.35. The van der Waals surface area contributed by atoms with Gasteiger partial charge in [-0.05, 0) is 18.2 Å². The Kier molecular flexibility index (Phi) is 2.02. The van der Waals surface area contributed by atoms with Crippen molar-refractivity contribution in [3.05, 3.63) is 47.5 Å². The van der Waals surface area contributed by atoms with Crippen LogP contribution in [0, 0.1) is 5.82 Å². The molecular weight excluding hydrogens is 191 g/mol. The first kappa shape index (κ1) is 8.26.